The van der Waals surface area contributed by atoms with Crippen molar-refractivity contribution in [3.8, 4) is 5.75 Å². The molecule has 0 aliphatic rings. The molecule has 0 fully saturated rings. The summed E-state index contributed by atoms with van der Waals surface area (Å²) in [5.74, 6) is 1.79. The molecule has 1 heterocycles. The Kier molecular flexibility index (Phi) is 6.89. The lowest BCUT2D eigenvalue weighted by atomic mass is 9.94. The van der Waals surface area contributed by atoms with E-state index in [0.717, 1.165) is 24.0 Å². The van der Waals surface area contributed by atoms with E-state index >= 15 is 0 Å². The molecule has 0 saturated heterocycles. The number of phenols is 1. The quantitative estimate of drug-likeness (QED) is 0.583. The Labute approximate surface area is 157 Å². The second-order valence-electron chi connectivity index (χ2n) is 7.98. The molecule has 0 spiro atoms. The van der Waals surface area contributed by atoms with Crippen LogP contribution in [0.25, 0.3) is 6.08 Å². The van der Waals surface area contributed by atoms with Crippen molar-refractivity contribution in [1.82, 2.24) is 0 Å². The summed E-state index contributed by atoms with van der Waals surface area (Å²) in [4.78, 5) is 1.41. The standard InChI is InChI=1S/C23H32OS/c1-15(2)10-20-14-25-22(21(20)11-16(3)4)9-7-8-19-12-17(5)23(24)18(6)13-19/h7,9,12-16,24H,8,10-11H2,1-6H3. The van der Waals surface area contributed by atoms with Gasteiger partial charge >= 0.3 is 0 Å². The van der Waals surface area contributed by atoms with Crippen LogP contribution < -0.4 is 0 Å². The van der Waals surface area contributed by atoms with E-state index in [1.807, 2.05) is 25.2 Å². The van der Waals surface area contributed by atoms with Gasteiger partial charge in [-0.2, -0.15) is 0 Å². The number of phenolic OH excluding ortho intramolecular Hbond substituents is 1. The lowest BCUT2D eigenvalue weighted by Gasteiger charge is -2.10. The van der Waals surface area contributed by atoms with E-state index in [9.17, 15) is 5.11 Å². The van der Waals surface area contributed by atoms with Crippen LogP contribution in [0.4, 0.5) is 0 Å². The third kappa shape index (κ3) is 5.47. The second-order valence-corrected chi connectivity index (χ2v) is 8.90. The molecule has 0 bridgehead atoms. The number of aryl methyl sites for hydroxylation is 2. The van der Waals surface area contributed by atoms with Gasteiger partial charge in [0, 0.05) is 4.88 Å². The summed E-state index contributed by atoms with van der Waals surface area (Å²) in [5, 5.41) is 12.3. The maximum absolute atomic E-state index is 9.91. The minimum atomic E-state index is 0.420. The third-order valence-corrected chi connectivity index (χ3v) is 5.47. The highest BCUT2D eigenvalue weighted by molar-refractivity contribution is 7.11. The Morgan fingerprint density at radius 3 is 2.16 bits per heavy atom. The van der Waals surface area contributed by atoms with Gasteiger partial charge in [-0.3, -0.25) is 0 Å². The fourth-order valence-electron chi connectivity index (χ4n) is 3.29. The average Bonchev–Trinajstić information content (AvgIpc) is 2.86. The van der Waals surface area contributed by atoms with Crippen molar-refractivity contribution in [2.24, 2.45) is 11.8 Å². The van der Waals surface area contributed by atoms with Crippen molar-refractivity contribution < 1.29 is 5.11 Å². The zero-order chi connectivity index (χ0) is 18.6. The number of rotatable bonds is 7. The molecule has 0 atom stereocenters. The van der Waals surface area contributed by atoms with Gasteiger partial charge in [0.05, 0.1) is 0 Å². The summed E-state index contributed by atoms with van der Waals surface area (Å²) in [5.41, 5.74) is 6.25. The number of hydrogen-bond donors (Lipinski definition) is 1. The predicted molar refractivity (Wildman–Crippen MR) is 112 cm³/mol. The van der Waals surface area contributed by atoms with Crippen LogP contribution in [-0.4, -0.2) is 5.11 Å². The van der Waals surface area contributed by atoms with Crippen molar-refractivity contribution in [1.29, 1.82) is 0 Å². The fraction of sp³-hybridized carbons (Fsp3) is 0.478. The molecule has 2 rings (SSSR count). The molecule has 25 heavy (non-hydrogen) atoms. The Balaban J connectivity index is 2.18. The highest BCUT2D eigenvalue weighted by Gasteiger charge is 2.12. The summed E-state index contributed by atoms with van der Waals surface area (Å²) in [6, 6.07) is 4.17. The molecule has 1 N–H and O–H groups in total. The summed E-state index contributed by atoms with van der Waals surface area (Å²) in [7, 11) is 0. The minimum Gasteiger partial charge on any atom is -0.507 e. The molecule has 1 nitrogen and oxygen atoms in total. The first-order valence-electron chi connectivity index (χ1n) is 9.32. The van der Waals surface area contributed by atoms with Crippen molar-refractivity contribution in [2.45, 2.75) is 60.8 Å². The van der Waals surface area contributed by atoms with Crippen LogP contribution in [0.2, 0.25) is 0 Å². The molecule has 0 aliphatic heterocycles. The van der Waals surface area contributed by atoms with Crippen LogP contribution in [0, 0.1) is 25.7 Å². The third-order valence-electron chi connectivity index (χ3n) is 4.43. The Morgan fingerprint density at radius 2 is 1.60 bits per heavy atom. The number of aromatic hydroxyl groups is 1. The molecule has 0 unspecified atom stereocenters. The summed E-state index contributed by atoms with van der Waals surface area (Å²) >= 11 is 1.88. The van der Waals surface area contributed by atoms with E-state index in [1.54, 1.807) is 5.56 Å². The molecule has 1 aromatic heterocycles. The lowest BCUT2D eigenvalue weighted by Crippen LogP contribution is -2.01. The number of hydrogen-bond acceptors (Lipinski definition) is 2. The molecular weight excluding hydrogens is 324 g/mol. The van der Waals surface area contributed by atoms with E-state index in [0.29, 0.717) is 17.6 Å². The maximum atomic E-state index is 9.91. The van der Waals surface area contributed by atoms with Gasteiger partial charge < -0.3 is 5.11 Å². The molecule has 2 heteroatoms. The van der Waals surface area contributed by atoms with E-state index in [4.69, 9.17) is 0 Å². The first kappa shape index (κ1) is 19.8. The number of allylic oxidation sites excluding steroid dienone is 1. The van der Waals surface area contributed by atoms with Crippen LogP contribution in [0.15, 0.2) is 23.6 Å². The Hall–Kier alpha value is -1.54. The normalized spacial score (nSPS) is 12.0. The Bertz CT molecular complexity index is 712. The van der Waals surface area contributed by atoms with E-state index in [-0.39, 0.29) is 0 Å². The molecule has 136 valence electrons. The van der Waals surface area contributed by atoms with Gasteiger partial charge in [-0.15, -0.1) is 11.3 Å². The van der Waals surface area contributed by atoms with Crippen LogP contribution >= 0.6 is 11.3 Å². The van der Waals surface area contributed by atoms with Gasteiger partial charge in [0.1, 0.15) is 5.75 Å². The number of benzene rings is 1. The number of thiophene rings is 1. The van der Waals surface area contributed by atoms with Crippen molar-refractivity contribution in [3.63, 3.8) is 0 Å². The van der Waals surface area contributed by atoms with E-state index in [2.05, 4.69) is 57.4 Å². The topological polar surface area (TPSA) is 20.2 Å². The SMILES string of the molecule is Cc1cc(CC=Cc2scc(CC(C)C)c2CC(C)C)cc(C)c1O. The first-order chi connectivity index (χ1) is 11.8. The minimum absolute atomic E-state index is 0.420. The molecule has 1 aromatic carbocycles. The van der Waals surface area contributed by atoms with E-state index < -0.39 is 0 Å². The van der Waals surface area contributed by atoms with Crippen LogP contribution in [0.5, 0.6) is 5.75 Å². The summed E-state index contributed by atoms with van der Waals surface area (Å²) < 4.78 is 0. The maximum Gasteiger partial charge on any atom is 0.121 e. The van der Waals surface area contributed by atoms with Gasteiger partial charge in [-0.05, 0) is 84.2 Å². The summed E-state index contributed by atoms with van der Waals surface area (Å²) in [6.45, 7) is 13.1. The average molecular weight is 357 g/mol. The van der Waals surface area contributed by atoms with Gasteiger partial charge in [-0.25, -0.2) is 0 Å². The van der Waals surface area contributed by atoms with Crippen molar-refractivity contribution >= 4 is 17.4 Å². The first-order valence-corrected chi connectivity index (χ1v) is 10.2. The second kappa shape index (κ2) is 8.71. The monoisotopic (exact) mass is 356 g/mol. The molecule has 0 aliphatic carbocycles. The largest absolute Gasteiger partial charge is 0.507 e. The molecular formula is C23H32OS. The van der Waals surface area contributed by atoms with Crippen LogP contribution in [0.3, 0.4) is 0 Å². The van der Waals surface area contributed by atoms with Gasteiger partial charge in [0.2, 0.25) is 0 Å². The molecule has 0 amide bonds. The Morgan fingerprint density at radius 1 is 1.00 bits per heavy atom. The van der Waals surface area contributed by atoms with Crippen LogP contribution in [0.1, 0.15) is 60.4 Å². The zero-order valence-corrected chi connectivity index (χ0v) is 17.3. The molecule has 0 radical (unpaired) electrons. The van der Waals surface area contributed by atoms with Crippen LogP contribution in [-0.2, 0) is 19.3 Å². The fourth-order valence-corrected chi connectivity index (χ4v) is 4.33. The van der Waals surface area contributed by atoms with Crippen molar-refractivity contribution in [2.75, 3.05) is 0 Å². The molecule has 2 aromatic rings. The van der Waals surface area contributed by atoms with Gasteiger partial charge in [-0.1, -0.05) is 45.9 Å². The molecule has 0 saturated carbocycles. The summed E-state index contributed by atoms with van der Waals surface area (Å²) in [6.07, 6.45) is 7.79. The van der Waals surface area contributed by atoms with Gasteiger partial charge in [0.25, 0.3) is 0 Å². The smallest absolute Gasteiger partial charge is 0.121 e. The zero-order valence-electron chi connectivity index (χ0n) is 16.5. The van der Waals surface area contributed by atoms with Gasteiger partial charge in [0.15, 0.2) is 0 Å². The highest BCUT2D eigenvalue weighted by Crippen LogP contribution is 2.29. The highest BCUT2D eigenvalue weighted by atomic mass is 32.1. The lowest BCUT2D eigenvalue weighted by molar-refractivity contribution is 0.466. The predicted octanol–water partition coefficient (Wildman–Crippen LogP) is 6.72. The van der Waals surface area contributed by atoms with Crippen molar-refractivity contribution in [3.05, 3.63) is 56.3 Å². The van der Waals surface area contributed by atoms with E-state index in [1.165, 1.54) is 22.4 Å².